The average molecular weight is 1620 g/mol. The number of rotatable bonds is 37. The van der Waals surface area contributed by atoms with E-state index in [1.165, 1.54) is 23.0 Å². The van der Waals surface area contributed by atoms with Gasteiger partial charge in [-0.05, 0) is 142 Å². The number of phenols is 1. The van der Waals surface area contributed by atoms with E-state index in [9.17, 15) is 65.9 Å². The van der Waals surface area contributed by atoms with Crippen LogP contribution in [0.25, 0.3) is 33.4 Å². The maximum absolute atomic E-state index is 14.7. The van der Waals surface area contributed by atoms with Gasteiger partial charge in [-0.2, -0.15) is 4.31 Å². The molecule has 7 aromatic carbocycles. The molecule has 0 spiro atoms. The molecule has 3 atom stereocenters. The van der Waals surface area contributed by atoms with Crippen molar-refractivity contribution in [3.05, 3.63) is 243 Å². The number of nitro benzene ring substituents is 1. The summed E-state index contributed by atoms with van der Waals surface area (Å²) in [6, 6.07) is 48.5. The highest BCUT2D eigenvalue weighted by Gasteiger charge is 2.35. The molecule has 608 valence electrons. The molecule has 0 radical (unpaired) electrons. The molecule has 3 aliphatic rings. The summed E-state index contributed by atoms with van der Waals surface area (Å²) in [6.45, 7) is 16.2. The first-order valence-electron chi connectivity index (χ1n) is 39.3. The lowest BCUT2D eigenvalue weighted by molar-refractivity contribution is -0.384. The predicted octanol–water partition coefficient (Wildman–Crippen LogP) is 10.4. The molecule has 5 N–H and O–H groups in total. The summed E-state index contributed by atoms with van der Waals surface area (Å²) in [5, 5.41) is 52.8. The van der Waals surface area contributed by atoms with E-state index in [0.717, 1.165) is 112 Å². The number of nitro groups is 1. The van der Waals surface area contributed by atoms with Crippen LogP contribution < -0.4 is 30.8 Å². The third-order valence-corrected chi connectivity index (χ3v) is 24.5. The van der Waals surface area contributed by atoms with Crippen LogP contribution in [-0.4, -0.2) is 181 Å². The van der Waals surface area contributed by atoms with Crippen LogP contribution >= 0.6 is 0 Å². The zero-order valence-corrected chi connectivity index (χ0v) is 67.6. The number of hydrogen-bond donors (Lipinski definition) is 5. The molecule has 1 unspecified atom stereocenters. The van der Waals surface area contributed by atoms with Gasteiger partial charge in [-0.15, -0.1) is 5.10 Å². The van der Waals surface area contributed by atoms with Crippen LogP contribution in [0.1, 0.15) is 129 Å². The molecule has 1 fully saturated rings. The number of carbonyl (C=O) groups excluding carboxylic acids is 6. The van der Waals surface area contributed by atoms with Crippen LogP contribution in [0.5, 0.6) is 5.75 Å². The number of nitrogens with one attached hydrogen (secondary N) is 3. The molecular weight excluding hydrogens is 1520 g/mol. The highest BCUT2D eigenvalue weighted by Crippen LogP contribution is 2.43. The first kappa shape index (κ1) is 85.1. The van der Waals surface area contributed by atoms with Crippen molar-refractivity contribution in [3.63, 3.8) is 0 Å². The summed E-state index contributed by atoms with van der Waals surface area (Å²) in [5.41, 5.74) is 6.95. The summed E-state index contributed by atoms with van der Waals surface area (Å²) >= 11 is 0. The van der Waals surface area contributed by atoms with Gasteiger partial charge >= 0.3 is 0 Å². The number of sulfonamides is 1. The molecule has 116 heavy (non-hydrogen) atoms. The fourth-order valence-corrected chi connectivity index (χ4v) is 17.3. The summed E-state index contributed by atoms with van der Waals surface area (Å²) in [5.74, 6) is -1.41. The van der Waals surface area contributed by atoms with Crippen molar-refractivity contribution >= 4 is 77.5 Å². The van der Waals surface area contributed by atoms with Gasteiger partial charge in [0.05, 0.1) is 50.6 Å². The van der Waals surface area contributed by atoms with Crippen molar-refractivity contribution in [1.82, 2.24) is 49.6 Å². The number of aliphatic hydroxyl groups excluding tert-OH is 1. The van der Waals surface area contributed by atoms with Crippen LogP contribution in [0.15, 0.2) is 213 Å². The molecule has 3 heterocycles. The quantitative estimate of drug-likeness (QED) is 0.00603. The molecule has 8 aromatic rings. The number of piperazine rings is 1. The number of aliphatic hydroxyl groups is 1. The lowest BCUT2D eigenvalue weighted by Crippen LogP contribution is -2.50. The standard InChI is InChI=1S/C87H98N12O15S2/c1-7-93(8-2)66-32-42-74-79(53-66)114-80-54-67(94(9-3)10-4)33-43-75(80)84(74)72-21-16-17-22-73(72)87(107)96-49-47-95(48-50-96)83(104)45-44-81(102)88-46-18-12-15-23-82(103)90-76(51-60-24-28-63(29-25-60)85(105)62-19-13-11-14-20-62)86(106)89-55-64-57-98(92-91-64)77(52-61-26-34-68(100)35-27-61)78(101)58-97(56-59(5)6)116(112,113)71-40-38-70(39-41-71)115(110,111)69-36-30-65(31-37-69)99(108)109/h11,13-14,16-17,19-22,24-43,53-54,57,59,76-78,101H,7-10,12,15,18,23,44-52,55-56,58H2,1-6H3,(H3-,88,89,90,100,102,103,106)/p+1/t76-,77-,78?/m0/s1. The van der Waals surface area contributed by atoms with E-state index in [1.807, 2.05) is 30.3 Å². The molecule has 1 aromatic heterocycles. The molecule has 2 aliphatic heterocycles. The number of fused-ring (bicyclic) bond motifs is 2. The first-order valence-corrected chi connectivity index (χ1v) is 42.2. The van der Waals surface area contributed by atoms with Crippen molar-refractivity contribution in [1.29, 1.82) is 0 Å². The van der Waals surface area contributed by atoms with E-state index >= 15 is 0 Å². The second kappa shape index (κ2) is 39.0. The third kappa shape index (κ3) is 21.0. The van der Waals surface area contributed by atoms with E-state index in [2.05, 4.69) is 99.8 Å². The van der Waals surface area contributed by atoms with Crippen LogP contribution in [0.2, 0.25) is 0 Å². The Morgan fingerprint density at radius 1 is 0.638 bits per heavy atom. The van der Waals surface area contributed by atoms with Crippen molar-refractivity contribution in [2.45, 2.75) is 132 Å². The van der Waals surface area contributed by atoms with E-state index in [0.29, 0.717) is 91.1 Å². The highest BCUT2D eigenvalue weighted by atomic mass is 32.2. The van der Waals surface area contributed by atoms with Gasteiger partial charge in [-0.1, -0.05) is 110 Å². The van der Waals surface area contributed by atoms with Crippen molar-refractivity contribution < 1.29 is 65.2 Å². The van der Waals surface area contributed by atoms with Gasteiger partial charge in [0.1, 0.15) is 41.9 Å². The van der Waals surface area contributed by atoms with Gasteiger partial charge in [0, 0.05) is 148 Å². The maximum atomic E-state index is 14.7. The van der Waals surface area contributed by atoms with Gasteiger partial charge in [0.25, 0.3) is 11.6 Å². The molecule has 1 aliphatic carbocycles. The third-order valence-electron chi connectivity index (χ3n) is 20.9. The molecule has 1 saturated heterocycles. The minimum atomic E-state index is -4.44. The zero-order chi connectivity index (χ0) is 82.8. The number of benzene rings is 8. The minimum absolute atomic E-state index is 0.0155. The topological polar surface area (TPSA) is 350 Å². The molecule has 0 bridgehead atoms. The van der Waals surface area contributed by atoms with Crippen molar-refractivity contribution in [2.75, 3.05) is 76.9 Å². The number of amides is 5. The van der Waals surface area contributed by atoms with Crippen LogP contribution in [0.3, 0.4) is 0 Å². The lowest BCUT2D eigenvalue weighted by atomic mass is 9.90. The normalized spacial score (nSPS) is 13.3. The fraction of sp³-hybridized carbons (Fsp3) is 0.345. The van der Waals surface area contributed by atoms with E-state index < -0.39 is 61.3 Å². The monoisotopic (exact) mass is 1620 g/mol. The second-order valence-corrected chi connectivity index (χ2v) is 33.0. The number of anilines is 1. The van der Waals surface area contributed by atoms with Crippen LogP contribution in [0.4, 0.5) is 11.4 Å². The van der Waals surface area contributed by atoms with Crippen LogP contribution in [0, 0.1) is 16.0 Å². The Balaban J connectivity index is 0.682. The molecule has 5 amide bonds. The summed E-state index contributed by atoms with van der Waals surface area (Å²) in [7, 11) is -8.66. The fourth-order valence-electron chi connectivity index (χ4n) is 14.5. The smallest absolute Gasteiger partial charge is 0.269 e. The largest absolute Gasteiger partial charge is 0.508 e. The number of ketones is 1. The number of sulfone groups is 1. The Kier molecular flexibility index (Phi) is 28.6. The van der Waals surface area contributed by atoms with E-state index in [-0.39, 0.29) is 106 Å². The van der Waals surface area contributed by atoms with Gasteiger partial charge in [-0.25, -0.2) is 26.1 Å². The zero-order valence-electron chi connectivity index (χ0n) is 66.0. The van der Waals surface area contributed by atoms with Gasteiger partial charge in [0.2, 0.25) is 48.8 Å². The number of carbonyl (C=O) groups is 6. The molecule has 11 rings (SSSR count). The second-order valence-electron chi connectivity index (χ2n) is 29.1. The molecule has 29 heteroatoms. The Bertz CT molecular complexity index is 5410. The van der Waals surface area contributed by atoms with Crippen molar-refractivity contribution in [3.8, 4) is 28.2 Å². The number of hydrogen-bond acceptors (Lipinski definition) is 18. The number of aromatic hydroxyl groups is 1. The number of phenolic OH excluding ortho intramolecular Hbond substituents is 1. The Hall–Kier alpha value is -11.8. The Morgan fingerprint density at radius 3 is 1.93 bits per heavy atom. The first-order chi connectivity index (χ1) is 55.8. The summed E-state index contributed by atoms with van der Waals surface area (Å²) in [4.78, 5) is 98.4. The molecular formula is C87H99N12O15S2+. The number of aromatic nitrogens is 3. The SMILES string of the molecule is CCN(CC)c1ccc2c(-c3ccccc3C(=O)N3CCN(C(=O)CCC(=O)NCCCCCC(=O)N[C@@H](Cc4ccc(C(=O)c5ccccc5)cc4)C(=O)NCc4cn([C@@H](Cc5ccc(O)cc5)C(O)CN(CC(C)C)S(=O)(=O)c5ccc(S(=O)(=O)c6ccc([N+](=O)[O-])cc6)cc5)nn4)CC3)c3ccc(=[N+](CC)CC)cc-3oc2c1. The highest BCUT2D eigenvalue weighted by molar-refractivity contribution is 7.91. The average Bonchev–Trinajstić information content (AvgIpc) is 0.761. The van der Waals surface area contributed by atoms with E-state index in [1.54, 1.807) is 84.3 Å². The Morgan fingerprint density at radius 2 is 1.27 bits per heavy atom. The molecule has 27 nitrogen and oxygen atoms in total. The maximum Gasteiger partial charge on any atom is 0.269 e. The number of nitrogens with zero attached hydrogens (tertiary/aromatic N) is 9. The lowest BCUT2D eigenvalue weighted by Gasteiger charge is -2.35. The summed E-state index contributed by atoms with van der Waals surface area (Å²) < 4.78 is 67.5. The van der Waals surface area contributed by atoms with Gasteiger partial charge in [-0.3, -0.25) is 38.9 Å². The minimum Gasteiger partial charge on any atom is -0.508 e. The Labute approximate surface area is 675 Å². The van der Waals surface area contributed by atoms with Crippen molar-refractivity contribution in [2.24, 2.45) is 5.92 Å². The van der Waals surface area contributed by atoms with Crippen LogP contribution in [-0.2, 0) is 58.4 Å². The van der Waals surface area contributed by atoms with E-state index in [4.69, 9.17) is 4.42 Å². The molecule has 0 saturated carbocycles. The number of unbranched alkanes of at least 4 members (excludes halogenated alkanes) is 2. The van der Waals surface area contributed by atoms with Gasteiger partial charge < -0.3 is 45.3 Å². The summed E-state index contributed by atoms with van der Waals surface area (Å²) in [6.07, 6.45) is 1.53. The number of non-ortho nitro benzene ring substituents is 1. The predicted molar refractivity (Wildman–Crippen MR) is 441 cm³/mol. The van der Waals surface area contributed by atoms with Gasteiger partial charge in [0.15, 0.2) is 5.78 Å².